The minimum atomic E-state index is -0.420. The zero-order valence-corrected chi connectivity index (χ0v) is 16.3. The Morgan fingerprint density at radius 3 is 2.04 bits per heavy atom. The van der Waals surface area contributed by atoms with Crippen LogP contribution < -0.4 is 4.90 Å². The predicted octanol–water partition coefficient (Wildman–Crippen LogP) is 4.96. The molecule has 1 aromatic rings. The Kier molecular flexibility index (Phi) is 5.19. The highest BCUT2D eigenvalue weighted by atomic mass is 35.5. The molecule has 2 saturated heterocycles. The van der Waals surface area contributed by atoms with E-state index in [0.29, 0.717) is 5.41 Å². The molecule has 4 nitrogen and oxygen atoms in total. The fourth-order valence-corrected chi connectivity index (χ4v) is 4.01. The number of nitrogens with zero attached hydrogens (tertiary/aromatic N) is 2. The normalized spacial score (nSPS) is 20.6. The molecule has 3 rings (SSSR count). The summed E-state index contributed by atoms with van der Waals surface area (Å²) in [6, 6.07) is 8.12. The Bertz CT molecular complexity index is 591. The van der Waals surface area contributed by atoms with Gasteiger partial charge in [0.25, 0.3) is 0 Å². The van der Waals surface area contributed by atoms with E-state index in [0.717, 1.165) is 44.0 Å². The number of ether oxygens (including phenoxy) is 1. The Morgan fingerprint density at radius 1 is 1.00 bits per heavy atom. The predicted molar refractivity (Wildman–Crippen MR) is 102 cm³/mol. The number of likely N-dealkylation sites (tertiary alicyclic amines) is 1. The van der Waals surface area contributed by atoms with Crippen LogP contribution in [0.4, 0.5) is 10.5 Å². The summed E-state index contributed by atoms with van der Waals surface area (Å²) in [4.78, 5) is 16.6. The van der Waals surface area contributed by atoms with Crippen molar-refractivity contribution in [2.24, 2.45) is 5.41 Å². The van der Waals surface area contributed by atoms with Crippen LogP contribution in [0.3, 0.4) is 0 Å². The van der Waals surface area contributed by atoms with Crippen LogP contribution in [0.25, 0.3) is 0 Å². The van der Waals surface area contributed by atoms with E-state index >= 15 is 0 Å². The zero-order chi connectivity index (χ0) is 18.1. The van der Waals surface area contributed by atoms with Gasteiger partial charge in [0.1, 0.15) is 5.60 Å². The lowest BCUT2D eigenvalue weighted by Gasteiger charge is -2.47. The van der Waals surface area contributed by atoms with Crippen molar-refractivity contribution in [1.29, 1.82) is 0 Å². The summed E-state index contributed by atoms with van der Waals surface area (Å²) in [5.74, 6) is 0. The van der Waals surface area contributed by atoms with Gasteiger partial charge >= 0.3 is 6.09 Å². The topological polar surface area (TPSA) is 32.8 Å². The van der Waals surface area contributed by atoms with Gasteiger partial charge in [-0.05, 0) is 76.1 Å². The van der Waals surface area contributed by atoms with Crippen LogP contribution in [-0.4, -0.2) is 42.8 Å². The van der Waals surface area contributed by atoms with Gasteiger partial charge in [0.05, 0.1) is 0 Å². The lowest BCUT2D eigenvalue weighted by atomic mass is 9.71. The van der Waals surface area contributed by atoms with Crippen LogP contribution in [0, 0.1) is 5.41 Å². The Hall–Kier alpha value is -1.42. The third-order valence-corrected chi connectivity index (χ3v) is 5.74. The second-order valence-corrected chi connectivity index (χ2v) is 8.87. The molecule has 0 radical (unpaired) electrons. The van der Waals surface area contributed by atoms with E-state index in [9.17, 15) is 4.79 Å². The number of hydrogen-bond acceptors (Lipinski definition) is 3. The molecule has 0 aromatic heterocycles. The summed E-state index contributed by atoms with van der Waals surface area (Å²) < 4.78 is 5.51. The van der Waals surface area contributed by atoms with Gasteiger partial charge in [-0.3, -0.25) is 0 Å². The van der Waals surface area contributed by atoms with Crippen molar-refractivity contribution < 1.29 is 9.53 Å². The SMILES string of the molecule is CC(C)(C)OC(=O)N1CCC2(CC1)CCN(c1ccc(Cl)cc1)CC2. The molecule has 0 unspecified atom stereocenters. The number of halogens is 1. The van der Waals surface area contributed by atoms with Crippen LogP contribution in [0.2, 0.25) is 5.02 Å². The molecule has 2 aliphatic rings. The number of carbonyl (C=O) groups excluding carboxylic acids is 1. The summed E-state index contributed by atoms with van der Waals surface area (Å²) in [6.07, 6.45) is 4.39. The molecule has 2 fully saturated rings. The Labute approximate surface area is 156 Å². The summed E-state index contributed by atoms with van der Waals surface area (Å²) in [5, 5.41) is 0.784. The summed E-state index contributed by atoms with van der Waals surface area (Å²) in [7, 11) is 0. The summed E-state index contributed by atoms with van der Waals surface area (Å²) in [6.45, 7) is 9.54. The van der Waals surface area contributed by atoms with Gasteiger partial charge in [0, 0.05) is 36.9 Å². The number of hydrogen-bond donors (Lipinski definition) is 0. The second-order valence-electron chi connectivity index (χ2n) is 8.43. The maximum absolute atomic E-state index is 12.2. The number of carbonyl (C=O) groups is 1. The van der Waals surface area contributed by atoms with Gasteiger partial charge < -0.3 is 14.5 Å². The average molecular weight is 365 g/mol. The fourth-order valence-electron chi connectivity index (χ4n) is 3.88. The van der Waals surface area contributed by atoms with Crippen LogP contribution >= 0.6 is 11.6 Å². The van der Waals surface area contributed by atoms with Crippen LogP contribution in [0.5, 0.6) is 0 Å². The van der Waals surface area contributed by atoms with Gasteiger partial charge in [-0.25, -0.2) is 4.79 Å². The molecule has 2 heterocycles. The third kappa shape index (κ3) is 4.60. The number of anilines is 1. The summed E-state index contributed by atoms with van der Waals surface area (Å²) in [5.41, 5.74) is 1.22. The lowest BCUT2D eigenvalue weighted by Crippen LogP contribution is -2.49. The number of amides is 1. The van der Waals surface area contributed by atoms with E-state index in [1.807, 2.05) is 37.8 Å². The zero-order valence-electron chi connectivity index (χ0n) is 15.6. The first-order valence-electron chi connectivity index (χ1n) is 9.25. The molecule has 2 aliphatic heterocycles. The van der Waals surface area contributed by atoms with E-state index in [2.05, 4.69) is 17.0 Å². The second kappa shape index (κ2) is 7.06. The first-order chi connectivity index (χ1) is 11.8. The first-order valence-corrected chi connectivity index (χ1v) is 9.63. The molecule has 0 bridgehead atoms. The van der Waals surface area contributed by atoms with Crippen molar-refractivity contribution in [3.05, 3.63) is 29.3 Å². The van der Waals surface area contributed by atoms with Crippen molar-refractivity contribution in [2.75, 3.05) is 31.1 Å². The number of rotatable bonds is 1. The molecule has 1 aromatic carbocycles. The van der Waals surface area contributed by atoms with E-state index in [4.69, 9.17) is 16.3 Å². The van der Waals surface area contributed by atoms with Crippen molar-refractivity contribution in [1.82, 2.24) is 4.90 Å². The number of benzene rings is 1. The fraction of sp³-hybridized carbons (Fsp3) is 0.650. The van der Waals surface area contributed by atoms with Gasteiger partial charge in [-0.1, -0.05) is 11.6 Å². The quantitative estimate of drug-likeness (QED) is 0.706. The third-order valence-electron chi connectivity index (χ3n) is 5.49. The molecular formula is C20H29ClN2O2. The molecule has 1 spiro atoms. The Morgan fingerprint density at radius 2 is 1.52 bits per heavy atom. The summed E-state index contributed by atoms with van der Waals surface area (Å²) >= 11 is 5.99. The van der Waals surface area contributed by atoms with Crippen molar-refractivity contribution in [2.45, 2.75) is 52.1 Å². The number of piperidine rings is 2. The van der Waals surface area contributed by atoms with Gasteiger partial charge in [0.2, 0.25) is 0 Å². The monoisotopic (exact) mass is 364 g/mol. The van der Waals surface area contributed by atoms with E-state index < -0.39 is 5.60 Å². The van der Waals surface area contributed by atoms with Gasteiger partial charge in [-0.2, -0.15) is 0 Å². The average Bonchev–Trinajstić information content (AvgIpc) is 2.56. The highest BCUT2D eigenvalue weighted by Crippen LogP contribution is 2.42. The van der Waals surface area contributed by atoms with Gasteiger partial charge in [0.15, 0.2) is 0 Å². The lowest BCUT2D eigenvalue weighted by molar-refractivity contribution is 0.00666. The first kappa shape index (κ1) is 18.4. The van der Waals surface area contributed by atoms with Gasteiger partial charge in [-0.15, -0.1) is 0 Å². The van der Waals surface area contributed by atoms with Crippen LogP contribution in [-0.2, 0) is 4.74 Å². The van der Waals surface area contributed by atoms with Crippen molar-refractivity contribution in [3.63, 3.8) is 0 Å². The molecule has 0 aliphatic carbocycles. The Balaban J connectivity index is 1.51. The van der Waals surface area contributed by atoms with Crippen molar-refractivity contribution in [3.8, 4) is 0 Å². The molecular weight excluding hydrogens is 336 g/mol. The molecule has 1 amide bonds. The highest BCUT2D eigenvalue weighted by molar-refractivity contribution is 6.30. The van der Waals surface area contributed by atoms with E-state index in [-0.39, 0.29) is 6.09 Å². The van der Waals surface area contributed by atoms with Crippen LogP contribution in [0.1, 0.15) is 46.5 Å². The molecule has 25 heavy (non-hydrogen) atoms. The smallest absolute Gasteiger partial charge is 0.410 e. The van der Waals surface area contributed by atoms with Crippen molar-refractivity contribution >= 4 is 23.4 Å². The molecule has 138 valence electrons. The molecule has 0 saturated carbocycles. The largest absolute Gasteiger partial charge is 0.444 e. The molecule has 0 atom stereocenters. The molecule has 0 N–H and O–H groups in total. The van der Waals surface area contributed by atoms with Crippen LogP contribution in [0.15, 0.2) is 24.3 Å². The maximum Gasteiger partial charge on any atom is 0.410 e. The standard InChI is InChI=1S/C20H29ClN2O2/c1-19(2,3)25-18(24)23-14-10-20(11-15-23)8-12-22(13-9-20)17-6-4-16(21)5-7-17/h4-7H,8-15H2,1-3H3. The highest BCUT2D eigenvalue weighted by Gasteiger charge is 2.39. The minimum Gasteiger partial charge on any atom is -0.444 e. The minimum absolute atomic E-state index is 0.166. The van der Waals surface area contributed by atoms with E-state index in [1.54, 1.807) is 0 Å². The maximum atomic E-state index is 12.2. The molecule has 5 heteroatoms. The van der Waals surface area contributed by atoms with E-state index in [1.165, 1.54) is 18.5 Å².